The highest BCUT2D eigenvalue weighted by molar-refractivity contribution is 6.35. The molecule has 146 valence electrons. The van der Waals surface area contributed by atoms with Crippen LogP contribution >= 0.6 is 23.2 Å². The van der Waals surface area contributed by atoms with Gasteiger partial charge in [0.15, 0.2) is 5.96 Å². The summed E-state index contributed by atoms with van der Waals surface area (Å²) in [7, 11) is 1.63. The Morgan fingerprint density at radius 1 is 1.15 bits per heavy atom. The predicted molar refractivity (Wildman–Crippen MR) is 110 cm³/mol. The van der Waals surface area contributed by atoms with Crippen LogP contribution in [-0.2, 0) is 17.8 Å². The number of halogens is 2. The molecule has 0 saturated heterocycles. The molecule has 0 saturated carbocycles. The van der Waals surface area contributed by atoms with E-state index >= 15 is 0 Å². The molecule has 0 bridgehead atoms. The number of benzene rings is 1. The number of rotatable bonds is 9. The van der Waals surface area contributed by atoms with Crippen LogP contribution in [0.25, 0.3) is 0 Å². The number of aliphatic imine (C=N–C) groups is 1. The van der Waals surface area contributed by atoms with Crippen molar-refractivity contribution in [2.75, 3.05) is 26.9 Å². The Bertz CT molecular complexity index is 739. The van der Waals surface area contributed by atoms with E-state index in [0.717, 1.165) is 17.7 Å². The Hall–Kier alpha value is -2.02. The summed E-state index contributed by atoms with van der Waals surface area (Å²) >= 11 is 12.1. The van der Waals surface area contributed by atoms with Crippen LogP contribution in [0.15, 0.2) is 41.5 Å². The number of ether oxygens (including phenoxy) is 2. The van der Waals surface area contributed by atoms with Crippen LogP contribution in [0, 0.1) is 0 Å². The Balaban J connectivity index is 1.92. The summed E-state index contributed by atoms with van der Waals surface area (Å²) in [6.45, 7) is 4.82. The molecule has 1 aromatic heterocycles. The molecule has 27 heavy (non-hydrogen) atoms. The number of methoxy groups -OCH3 is 1. The third kappa shape index (κ3) is 7.62. The van der Waals surface area contributed by atoms with Crippen LogP contribution in [0.5, 0.6) is 5.88 Å². The maximum absolute atomic E-state index is 6.21. The average Bonchev–Trinajstić information content (AvgIpc) is 2.66. The highest BCUT2D eigenvalue weighted by Gasteiger charge is 2.04. The van der Waals surface area contributed by atoms with E-state index in [9.17, 15) is 0 Å². The second-order valence-corrected chi connectivity index (χ2v) is 6.47. The zero-order valence-electron chi connectivity index (χ0n) is 15.5. The van der Waals surface area contributed by atoms with Gasteiger partial charge in [0.25, 0.3) is 0 Å². The molecule has 0 unspecified atom stereocenters. The maximum Gasteiger partial charge on any atom is 0.213 e. The number of guanidine groups is 1. The van der Waals surface area contributed by atoms with E-state index in [-0.39, 0.29) is 0 Å². The minimum absolute atomic E-state index is 0.475. The van der Waals surface area contributed by atoms with Gasteiger partial charge in [-0.1, -0.05) is 35.3 Å². The van der Waals surface area contributed by atoms with Crippen molar-refractivity contribution in [3.05, 3.63) is 57.7 Å². The highest BCUT2D eigenvalue weighted by Crippen LogP contribution is 2.20. The third-order valence-electron chi connectivity index (χ3n) is 3.56. The molecular formula is C19H24Cl2N4O2. The lowest BCUT2D eigenvalue weighted by atomic mass is 10.2. The zero-order chi connectivity index (χ0) is 19.5. The van der Waals surface area contributed by atoms with Gasteiger partial charge >= 0.3 is 0 Å². The van der Waals surface area contributed by atoms with Crippen molar-refractivity contribution in [1.82, 2.24) is 15.6 Å². The summed E-state index contributed by atoms with van der Waals surface area (Å²) in [5.41, 5.74) is 1.93. The first-order chi connectivity index (χ1) is 13.1. The van der Waals surface area contributed by atoms with Gasteiger partial charge in [0.2, 0.25) is 5.88 Å². The SMILES string of the molecule is CCNC(=NCc1ccc(OCCOC)nc1)NCc1ccc(Cl)cc1Cl. The number of hydrogen-bond donors (Lipinski definition) is 2. The molecule has 2 aromatic rings. The molecule has 0 spiro atoms. The number of nitrogens with one attached hydrogen (secondary N) is 2. The minimum atomic E-state index is 0.475. The van der Waals surface area contributed by atoms with Crippen molar-refractivity contribution in [1.29, 1.82) is 0 Å². The largest absolute Gasteiger partial charge is 0.475 e. The molecule has 1 heterocycles. The van der Waals surface area contributed by atoms with E-state index < -0.39 is 0 Å². The van der Waals surface area contributed by atoms with Crippen LogP contribution in [0.4, 0.5) is 0 Å². The van der Waals surface area contributed by atoms with Crippen LogP contribution in [-0.4, -0.2) is 37.8 Å². The quantitative estimate of drug-likeness (QED) is 0.375. The molecule has 0 aliphatic rings. The van der Waals surface area contributed by atoms with E-state index in [1.54, 1.807) is 19.4 Å². The topological polar surface area (TPSA) is 67.8 Å². The standard InChI is InChI=1S/C19H24Cl2N4O2/c1-3-22-19(25-13-15-5-6-16(20)10-17(15)21)24-12-14-4-7-18(23-11-14)27-9-8-26-2/h4-7,10-11H,3,8-9,12-13H2,1-2H3,(H2,22,24,25). The van der Waals surface area contributed by atoms with Gasteiger partial charge in [-0.05, 0) is 30.2 Å². The minimum Gasteiger partial charge on any atom is -0.475 e. The fourth-order valence-electron chi connectivity index (χ4n) is 2.18. The molecule has 1 aromatic carbocycles. The molecule has 8 heteroatoms. The Morgan fingerprint density at radius 2 is 2.00 bits per heavy atom. The third-order valence-corrected chi connectivity index (χ3v) is 4.15. The fraction of sp³-hybridized carbons (Fsp3) is 0.368. The Morgan fingerprint density at radius 3 is 2.67 bits per heavy atom. The molecular weight excluding hydrogens is 387 g/mol. The van der Waals surface area contributed by atoms with Gasteiger partial charge in [-0.15, -0.1) is 0 Å². The van der Waals surface area contributed by atoms with Crippen molar-refractivity contribution in [3.8, 4) is 5.88 Å². The number of pyridine rings is 1. The second kappa shape index (κ2) is 11.6. The van der Waals surface area contributed by atoms with Crippen LogP contribution in [0.3, 0.4) is 0 Å². The van der Waals surface area contributed by atoms with Crippen molar-refractivity contribution in [2.45, 2.75) is 20.0 Å². The van der Waals surface area contributed by atoms with Crippen molar-refractivity contribution >= 4 is 29.2 Å². The van der Waals surface area contributed by atoms with Gasteiger partial charge in [-0.2, -0.15) is 0 Å². The lowest BCUT2D eigenvalue weighted by molar-refractivity contribution is 0.143. The summed E-state index contributed by atoms with van der Waals surface area (Å²) in [6, 6.07) is 9.21. The van der Waals surface area contributed by atoms with Crippen LogP contribution in [0.2, 0.25) is 10.0 Å². The summed E-state index contributed by atoms with van der Waals surface area (Å²) in [4.78, 5) is 8.85. The molecule has 0 fully saturated rings. The van der Waals surface area contributed by atoms with E-state index in [4.69, 9.17) is 32.7 Å². The lowest BCUT2D eigenvalue weighted by Crippen LogP contribution is -2.36. The molecule has 6 nitrogen and oxygen atoms in total. The number of hydrogen-bond acceptors (Lipinski definition) is 4. The fourth-order valence-corrected chi connectivity index (χ4v) is 2.65. The van der Waals surface area contributed by atoms with Crippen LogP contribution < -0.4 is 15.4 Å². The lowest BCUT2D eigenvalue weighted by Gasteiger charge is -2.12. The van der Waals surface area contributed by atoms with E-state index in [2.05, 4.69) is 20.6 Å². The highest BCUT2D eigenvalue weighted by atomic mass is 35.5. The summed E-state index contributed by atoms with van der Waals surface area (Å²) in [5.74, 6) is 1.27. The first-order valence-corrected chi connectivity index (χ1v) is 9.40. The monoisotopic (exact) mass is 410 g/mol. The summed E-state index contributed by atoms with van der Waals surface area (Å²) in [5, 5.41) is 7.72. The van der Waals surface area contributed by atoms with E-state index in [1.165, 1.54) is 0 Å². The van der Waals surface area contributed by atoms with Gasteiger partial charge in [-0.25, -0.2) is 9.98 Å². The first kappa shape index (κ1) is 21.3. The first-order valence-electron chi connectivity index (χ1n) is 8.65. The smallest absolute Gasteiger partial charge is 0.213 e. The molecule has 0 atom stereocenters. The van der Waals surface area contributed by atoms with Crippen LogP contribution in [0.1, 0.15) is 18.1 Å². The molecule has 0 radical (unpaired) electrons. The molecule has 2 rings (SSSR count). The zero-order valence-corrected chi connectivity index (χ0v) is 17.0. The van der Waals surface area contributed by atoms with Crippen molar-refractivity contribution in [2.24, 2.45) is 4.99 Å². The van der Waals surface area contributed by atoms with E-state index in [1.807, 2.05) is 31.2 Å². The van der Waals surface area contributed by atoms with Crippen molar-refractivity contribution in [3.63, 3.8) is 0 Å². The summed E-state index contributed by atoms with van der Waals surface area (Å²) in [6.07, 6.45) is 1.76. The number of aromatic nitrogens is 1. The van der Waals surface area contributed by atoms with Gasteiger partial charge in [-0.3, -0.25) is 0 Å². The predicted octanol–water partition coefficient (Wildman–Crippen LogP) is 3.67. The van der Waals surface area contributed by atoms with Gasteiger partial charge in [0, 0.05) is 42.5 Å². The Kier molecular flexibility index (Phi) is 9.18. The number of nitrogens with zero attached hydrogens (tertiary/aromatic N) is 2. The normalized spacial score (nSPS) is 11.3. The molecule has 0 amide bonds. The van der Waals surface area contributed by atoms with Gasteiger partial charge in [0.1, 0.15) is 6.61 Å². The summed E-state index contributed by atoms with van der Waals surface area (Å²) < 4.78 is 10.4. The molecule has 0 aliphatic carbocycles. The maximum atomic E-state index is 6.21. The van der Waals surface area contributed by atoms with Crippen molar-refractivity contribution < 1.29 is 9.47 Å². The Labute approximate surface area is 169 Å². The molecule has 0 aliphatic heterocycles. The molecule has 2 N–H and O–H groups in total. The van der Waals surface area contributed by atoms with Gasteiger partial charge < -0.3 is 20.1 Å². The average molecular weight is 411 g/mol. The van der Waals surface area contributed by atoms with E-state index in [0.29, 0.717) is 48.2 Å². The van der Waals surface area contributed by atoms with Gasteiger partial charge in [0.05, 0.1) is 13.2 Å². The second-order valence-electron chi connectivity index (χ2n) is 5.63.